The van der Waals surface area contributed by atoms with Crippen molar-refractivity contribution in [3.63, 3.8) is 0 Å². The maximum absolute atomic E-state index is 13.7. The normalized spacial score (nSPS) is 12.0. The molecule has 0 atom stereocenters. The number of nitrogens with zero attached hydrogens (tertiary/aromatic N) is 2. The maximum atomic E-state index is 13.7. The molecule has 4 nitrogen and oxygen atoms in total. The number of nitrogens with two attached hydrogens (primary N) is 1. The molecule has 82 valence electrons. The lowest BCUT2D eigenvalue weighted by atomic mass is 10.1. The molecule has 2 rings (SSSR count). The van der Waals surface area contributed by atoms with Gasteiger partial charge >= 0.3 is 0 Å². The molecular formula is C10H7BrFN3O. The fourth-order valence-electron chi connectivity index (χ4n) is 1.46. The molecule has 0 bridgehead atoms. The van der Waals surface area contributed by atoms with E-state index in [-0.39, 0.29) is 16.9 Å². The van der Waals surface area contributed by atoms with Gasteiger partial charge in [-0.25, -0.2) is 4.39 Å². The lowest BCUT2D eigenvalue weighted by Crippen LogP contribution is -2.15. The minimum atomic E-state index is -0.465. The Morgan fingerprint density at radius 2 is 2.19 bits per heavy atom. The second-order valence-electron chi connectivity index (χ2n) is 3.10. The van der Waals surface area contributed by atoms with Crippen LogP contribution in [0.4, 0.5) is 4.39 Å². The van der Waals surface area contributed by atoms with Crippen molar-refractivity contribution in [3.8, 4) is 0 Å². The molecule has 2 aromatic rings. The lowest BCUT2D eigenvalue weighted by Gasteiger charge is -2.06. The van der Waals surface area contributed by atoms with Crippen LogP contribution in [-0.4, -0.2) is 16.0 Å². The zero-order valence-corrected chi connectivity index (χ0v) is 9.57. The van der Waals surface area contributed by atoms with Crippen molar-refractivity contribution in [2.24, 2.45) is 10.9 Å². The van der Waals surface area contributed by atoms with Crippen molar-refractivity contribution in [2.75, 3.05) is 0 Å². The minimum absolute atomic E-state index is 0.124. The van der Waals surface area contributed by atoms with Crippen LogP contribution in [0.25, 0.3) is 10.8 Å². The van der Waals surface area contributed by atoms with Crippen molar-refractivity contribution < 1.29 is 9.60 Å². The Balaban J connectivity index is 2.92. The van der Waals surface area contributed by atoms with Crippen LogP contribution >= 0.6 is 15.9 Å². The first-order chi connectivity index (χ1) is 7.65. The molecule has 0 fully saturated rings. The topological polar surface area (TPSA) is 71.5 Å². The van der Waals surface area contributed by atoms with Gasteiger partial charge in [-0.15, -0.1) is 0 Å². The summed E-state index contributed by atoms with van der Waals surface area (Å²) in [5, 5.41) is 12.3. The minimum Gasteiger partial charge on any atom is -0.409 e. The fraction of sp³-hybridized carbons (Fsp3) is 0. The van der Waals surface area contributed by atoms with Gasteiger partial charge in [0.1, 0.15) is 11.5 Å². The summed E-state index contributed by atoms with van der Waals surface area (Å²) in [4.78, 5) is 3.90. The Hall–Kier alpha value is -1.69. The standard InChI is InChI=1S/C10H7BrFN3O/c11-6-1-2-7(12)8-5(6)3-4-14-9(8)10(13)15-16/h1-4,16H,(H2,13,15). The molecular weight excluding hydrogens is 277 g/mol. The third kappa shape index (κ3) is 1.61. The molecule has 0 radical (unpaired) electrons. The summed E-state index contributed by atoms with van der Waals surface area (Å²) in [6, 6.07) is 4.53. The van der Waals surface area contributed by atoms with Crippen LogP contribution in [0.15, 0.2) is 34.0 Å². The second-order valence-corrected chi connectivity index (χ2v) is 3.95. The molecule has 0 saturated heterocycles. The highest BCUT2D eigenvalue weighted by molar-refractivity contribution is 9.10. The van der Waals surface area contributed by atoms with Gasteiger partial charge in [0.15, 0.2) is 5.84 Å². The summed E-state index contributed by atoms with van der Waals surface area (Å²) in [5.41, 5.74) is 5.56. The van der Waals surface area contributed by atoms with Crippen LogP contribution in [0.5, 0.6) is 0 Å². The quantitative estimate of drug-likeness (QED) is 0.365. The van der Waals surface area contributed by atoms with Crippen molar-refractivity contribution in [1.82, 2.24) is 4.98 Å². The Labute approximate surface area is 98.7 Å². The number of hydrogen-bond donors (Lipinski definition) is 2. The van der Waals surface area contributed by atoms with Gasteiger partial charge in [-0.2, -0.15) is 0 Å². The number of rotatable bonds is 1. The molecule has 1 heterocycles. The smallest absolute Gasteiger partial charge is 0.189 e. The van der Waals surface area contributed by atoms with Gasteiger partial charge in [-0.1, -0.05) is 21.1 Å². The number of pyridine rings is 1. The van der Waals surface area contributed by atoms with Gasteiger partial charge in [0, 0.05) is 21.4 Å². The van der Waals surface area contributed by atoms with Crippen LogP contribution in [-0.2, 0) is 0 Å². The van der Waals surface area contributed by atoms with Gasteiger partial charge in [0.2, 0.25) is 0 Å². The first-order valence-electron chi connectivity index (χ1n) is 4.35. The van der Waals surface area contributed by atoms with E-state index in [1.165, 1.54) is 12.3 Å². The van der Waals surface area contributed by atoms with Crippen LogP contribution < -0.4 is 5.73 Å². The first-order valence-corrected chi connectivity index (χ1v) is 5.15. The van der Waals surface area contributed by atoms with E-state index in [9.17, 15) is 4.39 Å². The molecule has 1 aromatic carbocycles. The average molecular weight is 284 g/mol. The third-order valence-corrected chi connectivity index (χ3v) is 2.86. The summed E-state index contributed by atoms with van der Waals surface area (Å²) < 4.78 is 14.4. The van der Waals surface area contributed by atoms with E-state index in [2.05, 4.69) is 26.1 Å². The van der Waals surface area contributed by atoms with E-state index >= 15 is 0 Å². The van der Waals surface area contributed by atoms with E-state index in [1.807, 2.05) is 0 Å². The van der Waals surface area contributed by atoms with Crippen molar-refractivity contribution in [2.45, 2.75) is 0 Å². The van der Waals surface area contributed by atoms with Gasteiger partial charge < -0.3 is 10.9 Å². The molecule has 0 unspecified atom stereocenters. The second kappa shape index (κ2) is 4.05. The van der Waals surface area contributed by atoms with Gasteiger partial charge in [-0.3, -0.25) is 4.98 Å². The number of fused-ring (bicyclic) bond motifs is 1. The maximum Gasteiger partial charge on any atom is 0.189 e. The molecule has 3 N–H and O–H groups in total. The van der Waals surface area contributed by atoms with Gasteiger partial charge in [0.25, 0.3) is 0 Å². The summed E-state index contributed by atoms with van der Waals surface area (Å²) in [5.74, 6) is -0.685. The summed E-state index contributed by atoms with van der Waals surface area (Å²) in [6.45, 7) is 0. The molecule has 0 spiro atoms. The van der Waals surface area contributed by atoms with Crippen LogP contribution in [0.3, 0.4) is 0 Å². The molecule has 0 aliphatic carbocycles. The first kappa shape index (κ1) is 10.8. The van der Waals surface area contributed by atoms with Crippen molar-refractivity contribution in [1.29, 1.82) is 0 Å². The summed E-state index contributed by atoms with van der Waals surface area (Å²) in [7, 11) is 0. The molecule has 6 heteroatoms. The van der Waals surface area contributed by atoms with Gasteiger partial charge in [-0.05, 0) is 18.2 Å². The van der Waals surface area contributed by atoms with E-state index < -0.39 is 5.82 Å². The Bertz CT molecular complexity index is 586. The van der Waals surface area contributed by atoms with Crippen molar-refractivity contribution >= 4 is 32.5 Å². The lowest BCUT2D eigenvalue weighted by molar-refractivity contribution is 0.318. The summed E-state index contributed by atoms with van der Waals surface area (Å²) in [6.07, 6.45) is 1.47. The number of amidine groups is 1. The number of oxime groups is 1. The molecule has 16 heavy (non-hydrogen) atoms. The SMILES string of the molecule is N/C(=N/O)c1nccc2c(Br)ccc(F)c12. The largest absolute Gasteiger partial charge is 0.409 e. The zero-order valence-electron chi connectivity index (χ0n) is 7.98. The monoisotopic (exact) mass is 283 g/mol. The number of halogens is 2. The van der Waals surface area contributed by atoms with Gasteiger partial charge in [0.05, 0.1) is 0 Å². The number of benzene rings is 1. The fourth-order valence-corrected chi connectivity index (χ4v) is 1.93. The zero-order chi connectivity index (χ0) is 11.7. The van der Waals surface area contributed by atoms with Crippen LogP contribution in [0.1, 0.15) is 5.69 Å². The highest BCUT2D eigenvalue weighted by Crippen LogP contribution is 2.27. The number of hydrogen-bond acceptors (Lipinski definition) is 3. The van der Waals surface area contributed by atoms with E-state index in [4.69, 9.17) is 10.9 Å². The molecule has 0 amide bonds. The van der Waals surface area contributed by atoms with Crippen LogP contribution in [0, 0.1) is 5.82 Å². The average Bonchev–Trinajstić information content (AvgIpc) is 2.32. The predicted octanol–water partition coefficient (Wildman–Crippen LogP) is 2.23. The Morgan fingerprint density at radius 3 is 2.88 bits per heavy atom. The Morgan fingerprint density at radius 1 is 1.44 bits per heavy atom. The van der Waals surface area contributed by atoms with E-state index in [1.54, 1.807) is 12.1 Å². The third-order valence-electron chi connectivity index (χ3n) is 2.17. The predicted molar refractivity (Wildman–Crippen MR) is 61.9 cm³/mol. The van der Waals surface area contributed by atoms with E-state index in [0.29, 0.717) is 5.39 Å². The molecule has 1 aromatic heterocycles. The molecule has 0 aliphatic heterocycles. The van der Waals surface area contributed by atoms with E-state index in [0.717, 1.165) is 4.47 Å². The van der Waals surface area contributed by atoms with Crippen LogP contribution in [0.2, 0.25) is 0 Å². The highest BCUT2D eigenvalue weighted by Gasteiger charge is 2.13. The summed E-state index contributed by atoms with van der Waals surface area (Å²) >= 11 is 3.30. The molecule has 0 saturated carbocycles. The number of aromatic nitrogens is 1. The van der Waals surface area contributed by atoms with Crippen molar-refractivity contribution in [3.05, 3.63) is 40.4 Å². The molecule has 0 aliphatic rings. The Kier molecular flexibility index (Phi) is 2.74. The highest BCUT2D eigenvalue weighted by atomic mass is 79.9.